The van der Waals surface area contributed by atoms with Gasteiger partial charge >= 0.3 is 6.18 Å². The molecule has 0 aliphatic carbocycles. The molecule has 1 heterocycles. The van der Waals surface area contributed by atoms with Crippen molar-refractivity contribution < 1.29 is 22.7 Å². The molecule has 1 N–H and O–H groups in total. The molecule has 1 unspecified atom stereocenters. The molecule has 3 nitrogen and oxygen atoms in total. The fourth-order valence-corrected chi connectivity index (χ4v) is 2.66. The van der Waals surface area contributed by atoms with Crippen molar-refractivity contribution in [3.63, 3.8) is 0 Å². The van der Waals surface area contributed by atoms with Crippen LogP contribution in [0.25, 0.3) is 0 Å². The molecule has 0 bridgehead atoms. The fraction of sp³-hybridized carbons (Fsp3) is 0.500. The van der Waals surface area contributed by atoms with E-state index in [1.165, 1.54) is 12.1 Å². The van der Waals surface area contributed by atoms with Gasteiger partial charge < -0.3 is 10.1 Å². The van der Waals surface area contributed by atoms with E-state index in [2.05, 4.69) is 21.2 Å². The SMILES string of the molecule is O=C(NCCC1CCOC1)c1ccc(Br)c(C(F)(F)F)c1. The number of amides is 1. The normalized spacial score (nSPS) is 18.8. The lowest BCUT2D eigenvalue weighted by Crippen LogP contribution is -2.26. The van der Waals surface area contributed by atoms with Crippen molar-refractivity contribution in [1.82, 2.24) is 5.32 Å². The summed E-state index contributed by atoms with van der Waals surface area (Å²) in [6.45, 7) is 1.86. The third kappa shape index (κ3) is 4.44. The van der Waals surface area contributed by atoms with E-state index in [4.69, 9.17) is 4.74 Å². The van der Waals surface area contributed by atoms with E-state index in [0.717, 1.165) is 25.5 Å². The summed E-state index contributed by atoms with van der Waals surface area (Å²) in [7, 11) is 0. The molecule has 21 heavy (non-hydrogen) atoms. The highest BCUT2D eigenvalue weighted by atomic mass is 79.9. The Labute approximate surface area is 129 Å². The number of hydrogen-bond acceptors (Lipinski definition) is 2. The molecule has 1 aromatic carbocycles. The Morgan fingerprint density at radius 3 is 2.81 bits per heavy atom. The van der Waals surface area contributed by atoms with Gasteiger partial charge in [-0.05, 0) is 37.0 Å². The van der Waals surface area contributed by atoms with Crippen LogP contribution in [0.2, 0.25) is 0 Å². The first kappa shape index (κ1) is 16.3. The van der Waals surface area contributed by atoms with Crippen molar-refractivity contribution in [3.05, 3.63) is 33.8 Å². The summed E-state index contributed by atoms with van der Waals surface area (Å²) in [5.74, 6) is -0.0760. The molecule has 1 aromatic rings. The van der Waals surface area contributed by atoms with Crippen molar-refractivity contribution in [1.29, 1.82) is 0 Å². The number of halogens is 4. The molecule has 1 atom stereocenters. The summed E-state index contributed by atoms with van der Waals surface area (Å²) < 4.78 is 43.5. The van der Waals surface area contributed by atoms with E-state index in [-0.39, 0.29) is 10.0 Å². The van der Waals surface area contributed by atoms with Crippen LogP contribution in [-0.2, 0) is 10.9 Å². The molecule has 1 aliphatic heterocycles. The Morgan fingerprint density at radius 1 is 1.43 bits per heavy atom. The molecule has 1 amide bonds. The van der Waals surface area contributed by atoms with Gasteiger partial charge in [0.25, 0.3) is 5.91 Å². The van der Waals surface area contributed by atoms with Crippen molar-refractivity contribution in [2.45, 2.75) is 19.0 Å². The maximum Gasteiger partial charge on any atom is 0.417 e. The van der Waals surface area contributed by atoms with Crippen molar-refractivity contribution in [2.24, 2.45) is 5.92 Å². The van der Waals surface area contributed by atoms with Crippen molar-refractivity contribution in [3.8, 4) is 0 Å². The summed E-state index contributed by atoms with van der Waals surface area (Å²) >= 11 is 2.85. The van der Waals surface area contributed by atoms with Crippen LogP contribution in [0.5, 0.6) is 0 Å². The lowest BCUT2D eigenvalue weighted by atomic mass is 10.1. The quantitative estimate of drug-likeness (QED) is 0.884. The van der Waals surface area contributed by atoms with E-state index < -0.39 is 17.6 Å². The van der Waals surface area contributed by atoms with Gasteiger partial charge in [0.15, 0.2) is 0 Å². The lowest BCUT2D eigenvalue weighted by molar-refractivity contribution is -0.138. The standard InChI is InChI=1S/C14H15BrF3NO2/c15-12-2-1-10(7-11(12)14(16,17)18)13(20)19-5-3-9-4-6-21-8-9/h1-2,7,9H,3-6,8H2,(H,19,20). The Morgan fingerprint density at radius 2 is 2.19 bits per heavy atom. The minimum Gasteiger partial charge on any atom is -0.381 e. The van der Waals surface area contributed by atoms with Gasteiger partial charge in [-0.25, -0.2) is 0 Å². The highest BCUT2D eigenvalue weighted by Gasteiger charge is 2.33. The highest BCUT2D eigenvalue weighted by Crippen LogP contribution is 2.35. The monoisotopic (exact) mass is 365 g/mol. The molecule has 2 rings (SSSR count). The zero-order valence-electron chi connectivity index (χ0n) is 11.2. The van der Waals surface area contributed by atoms with Crippen LogP contribution in [0.1, 0.15) is 28.8 Å². The maximum atomic E-state index is 12.8. The number of carbonyl (C=O) groups is 1. The summed E-state index contributed by atoms with van der Waals surface area (Å²) in [4.78, 5) is 11.9. The Hall–Kier alpha value is -1.08. The number of carbonyl (C=O) groups excluding carboxylic acids is 1. The van der Waals surface area contributed by atoms with E-state index in [0.29, 0.717) is 19.1 Å². The molecule has 0 aromatic heterocycles. The molecule has 1 saturated heterocycles. The first-order chi connectivity index (χ1) is 9.88. The van der Waals surface area contributed by atoms with Gasteiger partial charge in [-0.15, -0.1) is 0 Å². The predicted molar refractivity (Wildman–Crippen MR) is 75.0 cm³/mol. The number of alkyl halides is 3. The first-order valence-corrected chi connectivity index (χ1v) is 7.40. The molecular formula is C14H15BrF3NO2. The van der Waals surface area contributed by atoms with E-state index in [1.54, 1.807) is 0 Å². The van der Waals surface area contributed by atoms with Gasteiger partial charge in [-0.2, -0.15) is 13.2 Å². The second kappa shape index (κ2) is 6.79. The molecule has 1 fully saturated rings. The van der Waals surface area contributed by atoms with Crippen LogP contribution in [0.3, 0.4) is 0 Å². The van der Waals surface area contributed by atoms with Crippen LogP contribution in [-0.4, -0.2) is 25.7 Å². The van der Waals surface area contributed by atoms with Crippen LogP contribution in [0.4, 0.5) is 13.2 Å². The number of hydrogen-bond donors (Lipinski definition) is 1. The predicted octanol–water partition coefficient (Wildman–Crippen LogP) is 3.62. The summed E-state index contributed by atoms with van der Waals surface area (Å²) in [6.07, 6.45) is -2.75. The van der Waals surface area contributed by atoms with Gasteiger partial charge in [-0.1, -0.05) is 15.9 Å². The zero-order chi connectivity index (χ0) is 15.5. The average molecular weight is 366 g/mol. The number of benzene rings is 1. The molecule has 0 saturated carbocycles. The van der Waals surface area contributed by atoms with Crippen LogP contribution in [0.15, 0.2) is 22.7 Å². The average Bonchev–Trinajstić information content (AvgIpc) is 2.91. The highest BCUT2D eigenvalue weighted by molar-refractivity contribution is 9.10. The van der Waals surface area contributed by atoms with Gasteiger partial charge in [0.05, 0.1) is 5.56 Å². The van der Waals surface area contributed by atoms with E-state index >= 15 is 0 Å². The topological polar surface area (TPSA) is 38.3 Å². The van der Waals surface area contributed by atoms with Crippen LogP contribution < -0.4 is 5.32 Å². The molecular weight excluding hydrogens is 351 g/mol. The van der Waals surface area contributed by atoms with E-state index in [9.17, 15) is 18.0 Å². The zero-order valence-corrected chi connectivity index (χ0v) is 12.8. The van der Waals surface area contributed by atoms with Crippen LogP contribution >= 0.6 is 15.9 Å². The Kier molecular flexibility index (Phi) is 5.27. The Balaban J connectivity index is 1.95. The lowest BCUT2D eigenvalue weighted by Gasteiger charge is -2.12. The van der Waals surface area contributed by atoms with Crippen LogP contribution in [0, 0.1) is 5.92 Å². The number of nitrogens with one attached hydrogen (secondary N) is 1. The molecule has 116 valence electrons. The second-order valence-electron chi connectivity index (χ2n) is 4.97. The number of ether oxygens (including phenoxy) is 1. The maximum absolute atomic E-state index is 12.8. The van der Waals surface area contributed by atoms with Crippen molar-refractivity contribution >= 4 is 21.8 Å². The van der Waals surface area contributed by atoms with Gasteiger partial charge in [0.1, 0.15) is 0 Å². The smallest absolute Gasteiger partial charge is 0.381 e. The summed E-state index contributed by atoms with van der Waals surface area (Å²) in [6, 6.07) is 3.47. The molecule has 0 radical (unpaired) electrons. The molecule has 7 heteroatoms. The summed E-state index contributed by atoms with van der Waals surface area (Å²) in [5, 5.41) is 2.65. The second-order valence-corrected chi connectivity index (χ2v) is 5.82. The van der Waals surface area contributed by atoms with Gasteiger partial charge in [0.2, 0.25) is 0 Å². The van der Waals surface area contributed by atoms with E-state index in [1.807, 2.05) is 0 Å². The molecule has 0 spiro atoms. The Bertz CT molecular complexity index is 513. The molecule has 1 aliphatic rings. The third-order valence-corrected chi connectivity index (χ3v) is 4.09. The number of rotatable bonds is 4. The first-order valence-electron chi connectivity index (χ1n) is 6.60. The fourth-order valence-electron chi connectivity index (χ4n) is 2.19. The summed E-state index contributed by atoms with van der Waals surface area (Å²) in [5.41, 5.74) is -0.840. The largest absolute Gasteiger partial charge is 0.417 e. The van der Waals surface area contributed by atoms with Gasteiger partial charge in [-0.3, -0.25) is 4.79 Å². The third-order valence-electron chi connectivity index (χ3n) is 3.40. The van der Waals surface area contributed by atoms with Gasteiger partial charge in [0, 0.05) is 29.8 Å². The minimum absolute atomic E-state index is 0.00759. The minimum atomic E-state index is -4.49. The van der Waals surface area contributed by atoms with Crippen molar-refractivity contribution in [2.75, 3.05) is 19.8 Å².